The van der Waals surface area contributed by atoms with Crippen LogP contribution in [0.15, 0.2) is 52.1 Å². The molecule has 0 aliphatic heterocycles. The van der Waals surface area contributed by atoms with Gasteiger partial charge in [0.2, 0.25) is 0 Å². The minimum absolute atomic E-state index is 0.0910. The minimum Gasteiger partial charge on any atom is -0.491 e. The highest BCUT2D eigenvalue weighted by Gasteiger charge is 2.12. The third-order valence-corrected chi connectivity index (χ3v) is 4.09. The second-order valence-corrected chi connectivity index (χ2v) is 6.70. The molecule has 0 fully saturated rings. The van der Waals surface area contributed by atoms with Crippen LogP contribution in [0.3, 0.4) is 0 Å². The number of H-pyrrole nitrogens is 1. The van der Waals surface area contributed by atoms with E-state index in [1.54, 1.807) is 25.1 Å². The summed E-state index contributed by atoms with van der Waals surface area (Å²) in [6.07, 6.45) is 0.0910. The van der Waals surface area contributed by atoms with Gasteiger partial charge in [-0.3, -0.25) is 9.59 Å². The summed E-state index contributed by atoms with van der Waals surface area (Å²) in [5.41, 5.74) is 0.670. The Balaban J connectivity index is 1.89. The molecule has 3 aromatic rings. The van der Waals surface area contributed by atoms with E-state index in [1.807, 2.05) is 38.1 Å². The van der Waals surface area contributed by atoms with Gasteiger partial charge in [0, 0.05) is 11.4 Å². The smallest absolute Gasteiger partial charge is 0.329 e. The number of aromatic nitrogens is 2. The van der Waals surface area contributed by atoms with Crippen LogP contribution >= 0.6 is 0 Å². The van der Waals surface area contributed by atoms with Crippen molar-refractivity contribution in [1.82, 2.24) is 9.55 Å². The zero-order valence-corrected chi connectivity index (χ0v) is 16.5. The topological polar surface area (TPSA) is 102 Å². The molecule has 0 aliphatic rings. The number of hydrogen-bond donors (Lipinski definition) is 2. The monoisotopic (exact) mass is 397 g/mol. The Bertz CT molecular complexity index is 1130. The molecule has 3 rings (SSSR count). The summed E-state index contributed by atoms with van der Waals surface area (Å²) in [7, 11) is 0. The van der Waals surface area contributed by atoms with E-state index >= 15 is 0 Å². The normalized spacial score (nSPS) is 10.9. The van der Waals surface area contributed by atoms with Crippen LogP contribution in [-0.4, -0.2) is 28.2 Å². The van der Waals surface area contributed by atoms with Crippen molar-refractivity contribution in [3.63, 3.8) is 0 Å². The molecule has 29 heavy (non-hydrogen) atoms. The maximum Gasteiger partial charge on any atom is 0.329 e. The van der Waals surface area contributed by atoms with Crippen molar-refractivity contribution < 1.29 is 14.3 Å². The molecule has 0 atom stereocenters. The van der Waals surface area contributed by atoms with Crippen molar-refractivity contribution in [2.75, 3.05) is 11.9 Å². The summed E-state index contributed by atoms with van der Waals surface area (Å²) in [5, 5.41) is 3.50. The fraction of sp³-hybridized carbons (Fsp3) is 0.286. The number of anilines is 2. The molecule has 1 aromatic heterocycles. The zero-order chi connectivity index (χ0) is 21.0. The van der Waals surface area contributed by atoms with Crippen molar-refractivity contribution in [3.05, 3.63) is 63.3 Å². The number of aromatic amines is 1. The fourth-order valence-electron chi connectivity index (χ4n) is 2.86. The molecule has 0 amide bonds. The van der Waals surface area contributed by atoms with E-state index in [9.17, 15) is 14.4 Å². The number of rotatable bonds is 7. The average Bonchev–Trinajstić information content (AvgIpc) is 2.67. The number of carbonyl (C=O) groups is 1. The number of hydrogen-bond acceptors (Lipinski definition) is 6. The summed E-state index contributed by atoms with van der Waals surface area (Å²) in [6, 6.07) is 12.5. The second-order valence-electron chi connectivity index (χ2n) is 6.70. The molecule has 8 heteroatoms. The standard InChI is InChI=1S/C21H23N3O5/c1-4-28-19(25)12-24-20(26)17-11-15(7-10-18(17)23-21(24)27)22-14-5-8-16(9-6-14)29-13(2)3/h5-11,13,22H,4,12H2,1-3H3,(H,23,27). The Labute approximate surface area is 167 Å². The Morgan fingerprint density at radius 2 is 1.79 bits per heavy atom. The largest absolute Gasteiger partial charge is 0.491 e. The molecule has 2 aromatic carbocycles. The lowest BCUT2D eigenvalue weighted by molar-refractivity contribution is -0.143. The van der Waals surface area contributed by atoms with Gasteiger partial charge in [0.25, 0.3) is 5.56 Å². The number of nitrogens with one attached hydrogen (secondary N) is 2. The van der Waals surface area contributed by atoms with Crippen LogP contribution in [0.4, 0.5) is 11.4 Å². The number of esters is 1. The van der Waals surface area contributed by atoms with Crippen LogP contribution in [0, 0.1) is 0 Å². The summed E-state index contributed by atoms with van der Waals surface area (Å²) in [4.78, 5) is 39.2. The van der Waals surface area contributed by atoms with Gasteiger partial charge in [0.05, 0.1) is 23.6 Å². The van der Waals surface area contributed by atoms with Gasteiger partial charge in [-0.05, 0) is 63.2 Å². The number of fused-ring (bicyclic) bond motifs is 1. The maximum atomic E-state index is 12.7. The van der Waals surface area contributed by atoms with Gasteiger partial charge in [-0.25, -0.2) is 9.36 Å². The zero-order valence-electron chi connectivity index (χ0n) is 16.5. The minimum atomic E-state index is -0.656. The quantitative estimate of drug-likeness (QED) is 0.595. The first-order valence-corrected chi connectivity index (χ1v) is 9.33. The highest BCUT2D eigenvalue weighted by atomic mass is 16.5. The third kappa shape index (κ3) is 4.84. The molecule has 0 saturated heterocycles. The van der Waals surface area contributed by atoms with Gasteiger partial charge in [0.1, 0.15) is 12.3 Å². The van der Waals surface area contributed by atoms with E-state index in [1.165, 1.54) is 0 Å². The van der Waals surface area contributed by atoms with Crippen molar-refractivity contribution in [1.29, 1.82) is 0 Å². The van der Waals surface area contributed by atoms with Gasteiger partial charge in [-0.2, -0.15) is 0 Å². The number of ether oxygens (including phenoxy) is 2. The first-order valence-electron chi connectivity index (χ1n) is 9.33. The Morgan fingerprint density at radius 3 is 2.45 bits per heavy atom. The Morgan fingerprint density at radius 1 is 1.10 bits per heavy atom. The highest BCUT2D eigenvalue weighted by molar-refractivity contribution is 5.82. The van der Waals surface area contributed by atoms with Gasteiger partial charge in [0.15, 0.2) is 0 Å². The predicted molar refractivity (Wildman–Crippen MR) is 111 cm³/mol. The second kappa shape index (κ2) is 8.64. The van der Waals surface area contributed by atoms with Crippen LogP contribution in [0.5, 0.6) is 5.75 Å². The third-order valence-electron chi connectivity index (χ3n) is 4.09. The first-order chi connectivity index (χ1) is 13.9. The summed E-state index contributed by atoms with van der Waals surface area (Å²) in [6.45, 7) is 5.31. The van der Waals surface area contributed by atoms with E-state index in [2.05, 4.69) is 10.3 Å². The lowest BCUT2D eigenvalue weighted by Gasteiger charge is -2.12. The molecule has 0 saturated carbocycles. The lowest BCUT2D eigenvalue weighted by Crippen LogP contribution is -2.37. The molecule has 2 N–H and O–H groups in total. The molecule has 0 bridgehead atoms. The van der Waals surface area contributed by atoms with Gasteiger partial charge >= 0.3 is 11.7 Å². The predicted octanol–water partition coefficient (Wildman–Crippen LogP) is 2.78. The van der Waals surface area contributed by atoms with E-state index in [4.69, 9.17) is 9.47 Å². The molecule has 0 spiro atoms. The van der Waals surface area contributed by atoms with E-state index in [-0.39, 0.29) is 12.7 Å². The summed E-state index contributed by atoms with van der Waals surface area (Å²) < 4.78 is 11.3. The van der Waals surface area contributed by atoms with Crippen molar-refractivity contribution in [2.45, 2.75) is 33.4 Å². The first kappa shape index (κ1) is 20.2. The average molecular weight is 397 g/mol. The molecule has 152 valence electrons. The van der Waals surface area contributed by atoms with E-state index < -0.39 is 23.8 Å². The molecular weight excluding hydrogens is 374 g/mol. The Hall–Kier alpha value is -3.55. The molecule has 0 radical (unpaired) electrons. The van der Waals surface area contributed by atoms with E-state index in [0.717, 1.165) is 16.0 Å². The van der Waals surface area contributed by atoms with Crippen molar-refractivity contribution in [2.24, 2.45) is 0 Å². The van der Waals surface area contributed by atoms with Crippen LogP contribution < -0.4 is 21.3 Å². The number of benzene rings is 2. The highest BCUT2D eigenvalue weighted by Crippen LogP contribution is 2.22. The van der Waals surface area contributed by atoms with Crippen molar-refractivity contribution in [3.8, 4) is 5.75 Å². The van der Waals surface area contributed by atoms with Crippen LogP contribution in [-0.2, 0) is 16.1 Å². The number of carbonyl (C=O) groups excluding carboxylic acids is 1. The fourth-order valence-corrected chi connectivity index (χ4v) is 2.86. The van der Waals surface area contributed by atoms with Gasteiger partial charge in [-0.15, -0.1) is 0 Å². The van der Waals surface area contributed by atoms with Crippen LogP contribution in [0.2, 0.25) is 0 Å². The van der Waals surface area contributed by atoms with Crippen LogP contribution in [0.25, 0.3) is 10.9 Å². The summed E-state index contributed by atoms with van der Waals surface area (Å²) >= 11 is 0. The molecule has 1 heterocycles. The Kier molecular flexibility index (Phi) is 6.01. The molecule has 0 aliphatic carbocycles. The van der Waals surface area contributed by atoms with E-state index in [0.29, 0.717) is 16.6 Å². The molecule has 8 nitrogen and oxygen atoms in total. The molecule has 0 unspecified atom stereocenters. The van der Waals surface area contributed by atoms with Gasteiger partial charge < -0.3 is 19.8 Å². The van der Waals surface area contributed by atoms with Gasteiger partial charge in [-0.1, -0.05) is 0 Å². The summed E-state index contributed by atoms with van der Waals surface area (Å²) in [5.74, 6) is 0.126. The van der Waals surface area contributed by atoms with Crippen molar-refractivity contribution >= 4 is 28.2 Å². The lowest BCUT2D eigenvalue weighted by atomic mass is 10.2. The SMILES string of the molecule is CCOC(=O)Cn1c(=O)[nH]c2ccc(Nc3ccc(OC(C)C)cc3)cc2c1=O. The van der Waals surface area contributed by atoms with Crippen LogP contribution in [0.1, 0.15) is 20.8 Å². The molecular formula is C21H23N3O5. The maximum absolute atomic E-state index is 12.7. The number of nitrogens with zero attached hydrogens (tertiary/aromatic N) is 1.